The van der Waals surface area contributed by atoms with Gasteiger partial charge in [-0.25, -0.2) is 0 Å². The lowest BCUT2D eigenvalue weighted by Crippen LogP contribution is -2.38. The Morgan fingerprint density at radius 1 is 1.32 bits per heavy atom. The molecule has 1 aliphatic heterocycles. The minimum Gasteiger partial charge on any atom is -0.344 e. The molecule has 8 heteroatoms. The molecule has 25 heavy (non-hydrogen) atoms. The number of aryl methyl sites for hydroxylation is 1. The maximum Gasteiger partial charge on any atom is 0.268 e. The van der Waals surface area contributed by atoms with Gasteiger partial charge in [-0.05, 0) is 38.3 Å². The van der Waals surface area contributed by atoms with Crippen LogP contribution in [0, 0.1) is 6.92 Å². The van der Waals surface area contributed by atoms with Gasteiger partial charge in [-0.3, -0.25) is 9.59 Å². The molecule has 2 aromatic rings. The first-order valence-corrected chi connectivity index (χ1v) is 9.29. The van der Waals surface area contributed by atoms with Crippen molar-refractivity contribution in [3.8, 4) is 0 Å². The van der Waals surface area contributed by atoms with E-state index < -0.39 is 0 Å². The van der Waals surface area contributed by atoms with Crippen LogP contribution in [0.25, 0.3) is 0 Å². The molecule has 134 valence electrons. The normalized spacial score (nSPS) is 17.6. The molecular formula is C17H23N5O2S. The van der Waals surface area contributed by atoms with E-state index in [4.69, 9.17) is 0 Å². The molecule has 1 atom stereocenters. The van der Waals surface area contributed by atoms with Crippen molar-refractivity contribution in [2.24, 2.45) is 7.05 Å². The number of hydrogen-bond acceptors (Lipinski definition) is 5. The Balaban J connectivity index is 1.73. The summed E-state index contributed by atoms with van der Waals surface area (Å²) in [7, 11) is 1.88. The molecule has 0 aliphatic carbocycles. The summed E-state index contributed by atoms with van der Waals surface area (Å²) in [5.41, 5.74) is 1.59. The molecule has 2 aromatic heterocycles. The minimum atomic E-state index is -0.146. The van der Waals surface area contributed by atoms with Crippen molar-refractivity contribution in [2.45, 2.75) is 45.7 Å². The van der Waals surface area contributed by atoms with Gasteiger partial charge >= 0.3 is 0 Å². The number of aromatic nitrogens is 3. The number of nitrogens with zero attached hydrogens (tertiary/aromatic N) is 4. The first kappa shape index (κ1) is 17.6. The van der Waals surface area contributed by atoms with Crippen LogP contribution in [-0.4, -0.2) is 38.0 Å². The van der Waals surface area contributed by atoms with Gasteiger partial charge in [-0.1, -0.05) is 11.3 Å². The van der Waals surface area contributed by atoms with E-state index >= 15 is 0 Å². The Labute approximate surface area is 151 Å². The Bertz CT molecular complexity index is 782. The summed E-state index contributed by atoms with van der Waals surface area (Å²) in [5.74, 6) is -0.0599. The fourth-order valence-corrected chi connectivity index (χ4v) is 4.01. The van der Waals surface area contributed by atoms with E-state index in [1.54, 1.807) is 6.92 Å². The van der Waals surface area contributed by atoms with Gasteiger partial charge in [0, 0.05) is 26.2 Å². The number of rotatable bonds is 4. The molecule has 0 spiro atoms. The number of hydrogen-bond donors (Lipinski definition) is 1. The van der Waals surface area contributed by atoms with Gasteiger partial charge in [0.1, 0.15) is 15.7 Å². The molecule has 0 aromatic carbocycles. The highest BCUT2D eigenvalue weighted by atomic mass is 32.1. The topological polar surface area (TPSA) is 80.1 Å². The van der Waals surface area contributed by atoms with Gasteiger partial charge in [0.25, 0.3) is 5.91 Å². The monoisotopic (exact) mass is 361 g/mol. The molecule has 2 amide bonds. The van der Waals surface area contributed by atoms with E-state index in [9.17, 15) is 9.59 Å². The maximum atomic E-state index is 12.5. The molecule has 0 unspecified atom stereocenters. The molecule has 1 aliphatic rings. The first-order chi connectivity index (χ1) is 12.0. The van der Waals surface area contributed by atoms with Gasteiger partial charge < -0.3 is 14.8 Å². The molecule has 1 N–H and O–H groups in total. The van der Waals surface area contributed by atoms with Crippen molar-refractivity contribution in [1.29, 1.82) is 0 Å². The standard InChI is InChI=1S/C17H23N5O2S/c1-11-19-20-16(25-11)10-18-17(24)15-8-7-13(21(15)3)14-6-4-5-9-22(14)12(2)23/h7-8,14H,4-6,9-10H2,1-3H3,(H,18,24)/t14-/m0/s1. The van der Waals surface area contributed by atoms with E-state index in [1.807, 2.05) is 35.6 Å². The zero-order valence-electron chi connectivity index (χ0n) is 14.8. The zero-order valence-corrected chi connectivity index (χ0v) is 15.6. The average molecular weight is 361 g/mol. The Hall–Kier alpha value is -2.22. The zero-order chi connectivity index (χ0) is 18.0. The predicted octanol–water partition coefficient (Wildman–Crippen LogP) is 2.19. The van der Waals surface area contributed by atoms with Crippen molar-refractivity contribution < 1.29 is 9.59 Å². The predicted molar refractivity (Wildman–Crippen MR) is 95.2 cm³/mol. The largest absolute Gasteiger partial charge is 0.344 e. The van der Waals surface area contributed by atoms with E-state index in [-0.39, 0.29) is 17.9 Å². The quantitative estimate of drug-likeness (QED) is 0.905. The molecule has 3 rings (SSSR count). The summed E-state index contributed by atoms with van der Waals surface area (Å²) in [6.45, 7) is 4.65. The van der Waals surface area contributed by atoms with Gasteiger partial charge in [0.2, 0.25) is 5.91 Å². The van der Waals surface area contributed by atoms with Gasteiger partial charge in [-0.2, -0.15) is 0 Å². The molecule has 7 nitrogen and oxygen atoms in total. The van der Waals surface area contributed by atoms with Gasteiger partial charge in [0.15, 0.2) is 0 Å². The number of carbonyl (C=O) groups is 2. The van der Waals surface area contributed by atoms with E-state index in [1.165, 1.54) is 11.3 Å². The number of piperidine rings is 1. The SMILES string of the molecule is CC(=O)N1CCCC[C@H]1c1ccc(C(=O)NCc2nnc(C)s2)n1C. The third-order valence-corrected chi connectivity index (χ3v) is 5.45. The summed E-state index contributed by atoms with van der Waals surface area (Å²) < 4.78 is 1.90. The second kappa shape index (κ2) is 7.35. The number of likely N-dealkylation sites (tertiary alicyclic amines) is 1. The van der Waals surface area contributed by atoms with Crippen molar-refractivity contribution in [3.05, 3.63) is 33.5 Å². The Kier molecular flexibility index (Phi) is 5.17. The van der Waals surface area contributed by atoms with Crippen LogP contribution in [0.3, 0.4) is 0 Å². The first-order valence-electron chi connectivity index (χ1n) is 8.47. The van der Waals surface area contributed by atoms with E-state index in [0.717, 1.165) is 41.5 Å². The third-order valence-electron chi connectivity index (χ3n) is 4.61. The van der Waals surface area contributed by atoms with Crippen molar-refractivity contribution >= 4 is 23.2 Å². The number of amides is 2. The van der Waals surface area contributed by atoms with Crippen LogP contribution in [0.2, 0.25) is 0 Å². The molecule has 0 bridgehead atoms. The maximum absolute atomic E-state index is 12.5. The van der Waals surface area contributed by atoms with Crippen LogP contribution in [0.1, 0.15) is 58.4 Å². The second-order valence-electron chi connectivity index (χ2n) is 6.32. The average Bonchev–Trinajstić information content (AvgIpc) is 3.18. The summed E-state index contributed by atoms with van der Waals surface area (Å²) in [5, 5.41) is 12.5. The molecule has 3 heterocycles. The van der Waals surface area contributed by atoms with Crippen molar-refractivity contribution in [3.63, 3.8) is 0 Å². The molecule has 0 radical (unpaired) electrons. The minimum absolute atomic E-state index is 0.0450. The highest BCUT2D eigenvalue weighted by Gasteiger charge is 2.28. The molecule has 1 fully saturated rings. The van der Waals surface area contributed by atoms with Crippen LogP contribution in [0.5, 0.6) is 0 Å². The Morgan fingerprint density at radius 2 is 2.12 bits per heavy atom. The van der Waals surface area contributed by atoms with Gasteiger partial charge in [0.05, 0.1) is 12.6 Å². The lowest BCUT2D eigenvalue weighted by Gasteiger charge is -2.35. The molecule has 1 saturated heterocycles. The van der Waals surface area contributed by atoms with Crippen LogP contribution in [-0.2, 0) is 18.4 Å². The third kappa shape index (κ3) is 3.73. The Morgan fingerprint density at radius 3 is 2.80 bits per heavy atom. The molecule has 0 saturated carbocycles. The van der Waals surface area contributed by atoms with Crippen LogP contribution < -0.4 is 5.32 Å². The van der Waals surface area contributed by atoms with Crippen LogP contribution >= 0.6 is 11.3 Å². The second-order valence-corrected chi connectivity index (χ2v) is 7.59. The lowest BCUT2D eigenvalue weighted by atomic mass is 9.99. The van der Waals surface area contributed by atoms with E-state index in [2.05, 4.69) is 15.5 Å². The van der Waals surface area contributed by atoms with Crippen LogP contribution in [0.15, 0.2) is 12.1 Å². The van der Waals surface area contributed by atoms with Crippen molar-refractivity contribution in [2.75, 3.05) is 6.54 Å². The van der Waals surface area contributed by atoms with Crippen LogP contribution in [0.4, 0.5) is 0 Å². The fourth-order valence-electron chi connectivity index (χ4n) is 3.36. The highest BCUT2D eigenvalue weighted by molar-refractivity contribution is 7.11. The summed E-state index contributed by atoms with van der Waals surface area (Å²) in [6, 6.07) is 3.82. The smallest absolute Gasteiger partial charge is 0.268 e. The van der Waals surface area contributed by atoms with Gasteiger partial charge in [-0.15, -0.1) is 10.2 Å². The number of carbonyl (C=O) groups excluding carboxylic acids is 2. The number of nitrogens with one attached hydrogen (secondary N) is 1. The van der Waals surface area contributed by atoms with Crippen molar-refractivity contribution in [1.82, 2.24) is 25.0 Å². The highest BCUT2D eigenvalue weighted by Crippen LogP contribution is 2.31. The summed E-state index contributed by atoms with van der Waals surface area (Å²) >= 11 is 1.47. The summed E-state index contributed by atoms with van der Waals surface area (Å²) in [4.78, 5) is 26.3. The molecular weight excluding hydrogens is 338 g/mol. The lowest BCUT2D eigenvalue weighted by molar-refractivity contribution is -0.132. The fraction of sp³-hybridized carbons (Fsp3) is 0.529. The van der Waals surface area contributed by atoms with E-state index in [0.29, 0.717) is 12.2 Å². The summed E-state index contributed by atoms with van der Waals surface area (Å²) in [6.07, 6.45) is 3.06.